The third-order valence-electron chi connectivity index (χ3n) is 3.01. The first kappa shape index (κ1) is 13.8. The lowest BCUT2D eigenvalue weighted by atomic mass is 10.1. The van der Waals surface area contributed by atoms with E-state index < -0.39 is 11.9 Å². The summed E-state index contributed by atoms with van der Waals surface area (Å²) in [4.78, 5) is 0. The van der Waals surface area contributed by atoms with E-state index in [1.54, 1.807) is 12.1 Å². The molecule has 0 aliphatic rings. The predicted molar refractivity (Wildman–Crippen MR) is 76.0 cm³/mol. The van der Waals surface area contributed by atoms with Crippen molar-refractivity contribution in [3.63, 3.8) is 0 Å². The fourth-order valence-corrected chi connectivity index (χ4v) is 2.12. The van der Waals surface area contributed by atoms with Gasteiger partial charge in [-0.15, -0.1) is 0 Å². The van der Waals surface area contributed by atoms with Crippen LogP contribution in [0.4, 0.5) is 10.1 Å². The first-order chi connectivity index (χ1) is 9.13. The Hall–Kier alpha value is -1.58. The number of benzene rings is 2. The van der Waals surface area contributed by atoms with Gasteiger partial charge in [0.1, 0.15) is 5.82 Å². The number of hydrogen-bond donors (Lipinski definition) is 2. The highest BCUT2D eigenvalue weighted by atomic mass is 35.5. The lowest BCUT2D eigenvalue weighted by Gasteiger charge is -2.20. The summed E-state index contributed by atoms with van der Waals surface area (Å²) < 4.78 is 14.0. The van der Waals surface area contributed by atoms with Gasteiger partial charge in [-0.05, 0) is 24.6 Å². The van der Waals surface area contributed by atoms with Crippen LogP contribution in [0.3, 0.4) is 0 Å². The van der Waals surface area contributed by atoms with E-state index in [1.807, 2.05) is 31.2 Å². The molecular formula is C15H15ClFNO. The fourth-order valence-electron chi connectivity index (χ4n) is 1.93. The number of halogens is 2. The minimum Gasteiger partial charge on any atom is -0.394 e. The third kappa shape index (κ3) is 3.06. The second kappa shape index (κ2) is 6.04. The summed E-state index contributed by atoms with van der Waals surface area (Å²) in [6.07, 6.45) is 0. The lowest BCUT2D eigenvalue weighted by molar-refractivity contribution is 0.274. The molecule has 2 aromatic carbocycles. The molecule has 0 bridgehead atoms. The number of hydrogen-bond acceptors (Lipinski definition) is 2. The Labute approximate surface area is 116 Å². The number of para-hydroxylation sites is 1. The molecule has 0 aliphatic carbocycles. The molecule has 0 aromatic heterocycles. The van der Waals surface area contributed by atoms with Crippen LogP contribution in [0.2, 0.25) is 5.02 Å². The molecule has 0 radical (unpaired) electrons. The van der Waals surface area contributed by atoms with Crippen molar-refractivity contribution in [3.05, 3.63) is 64.4 Å². The summed E-state index contributed by atoms with van der Waals surface area (Å²) in [5.74, 6) is -0.496. The summed E-state index contributed by atoms with van der Waals surface area (Å²) >= 11 is 5.76. The van der Waals surface area contributed by atoms with Gasteiger partial charge in [-0.3, -0.25) is 0 Å². The number of aryl methyl sites for hydroxylation is 1. The van der Waals surface area contributed by atoms with Crippen molar-refractivity contribution >= 4 is 17.3 Å². The molecule has 2 nitrogen and oxygen atoms in total. The van der Waals surface area contributed by atoms with Gasteiger partial charge >= 0.3 is 0 Å². The van der Waals surface area contributed by atoms with Gasteiger partial charge in [0, 0.05) is 11.3 Å². The van der Waals surface area contributed by atoms with Gasteiger partial charge < -0.3 is 10.4 Å². The van der Waals surface area contributed by atoms with Gasteiger partial charge in [-0.25, -0.2) is 4.39 Å². The molecule has 0 fully saturated rings. The van der Waals surface area contributed by atoms with Gasteiger partial charge in [0.05, 0.1) is 17.7 Å². The molecule has 2 N–H and O–H groups in total. The van der Waals surface area contributed by atoms with Crippen LogP contribution in [-0.4, -0.2) is 11.7 Å². The van der Waals surface area contributed by atoms with Gasteiger partial charge in [0.15, 0.2) is 0 Å². The number of rotatable bonds is 4. The minimum atomic E-state index is -0.528. The zero-order chi connectivity index (χ0) is 13.8. The van der Waals surface area contributed by atoms with Crippen molar-refractivity contribution in [1.29, 1.82) is 0 Å². The Bertz CT molecular complexity index is 574. The molecule has 0 saturated heterocycles. The summed E-state index contributed by atoms with van der Waals surface area (Å²) in [5.41, 5.74) is 2.25. The normalized spacial score (nSPS) is 12.2. The van der Waals surface area contributed by atoms with Gasteiger partial charge in [-0.2, -0.15) is 0 Å². The van der Waals surface area contributed by atoms with Gasteiger partial charge in [-0.1, -0.05) is 41.9 Å². The molecule has 100 valence electrons. The predicted octanol–water partition coefficient (Wildman–Crippen LogP) is 3.93. The molecule has 0 amide bonds. The Kier molecular flexibility index (Phi) is 4.40. The topological polar surface area (TPSA) is 32.3 Å². The SMILES string of the molecule is Cc1ccccc1NC(CO)c1cccc(Cl)c1F. The van der Waals surface area contributed by atoms with Crippen molar-refractivity contribution < 1.29 is 9.50 Å². The second-order valence-corrected chi connectivity index (χ2v) is 4.74. The van der Waals surface area contributed by atoms with Crippen LogP contribution in [-0.2, 0) is 0 Å². The van der Waals surface area contributed by atoms with Crippen molar-refractivity contribution in [2.24, 2.45) is 0 Å². The molecule has 1 atom stereocenters. The molecule has 0 saturated carbocycles. The highest BCUT2D eigenvalue weighted by Gasteiger charge is 2.17. The van der Waals surface area contributed by atoms with Crippen LogP contribution in [0.15, 0.2) is 42.5 Å². The molecule has 0 spiro atoms. The molecule has 2 aromatic rings. The first-order valence-corrected chi connectivity index (χ1v) is 6.38. The molecular weight excluding hydrogens is 265 g/mol. The molecule has 0 heterocycles. The van der Waals surface area contributed by atoms with Crippen LogP contribution >= 0.6 is 11.6 Å². The summed E-state index contributed by atoms with van der Waals surface area (Å²) in [7, 11) is 0. The fraction of sp³-hybridized carbons (Fsp3) is 0.200. The van der Waals surface area contributed by atoms with Gasteiger partial charge in [0.25, 0.3) is 0 Å². The summed E-state index contributed by atoms with van der Waals surface area (Å²) in [5, 5.41) is 12.7. The van der Waals surface area contributed by atoms with Crippen LogP contribution in [0.25, 0.3) is 0 Å². The monoisotopic (exact) mass is 279 g/mol. The number of anilines is 1. The number of aliphatic hydroxyl groups excluding tert-OH is 1. The zero-order valence-corrected chi connectivity index (χ0v) is 11.3. The van der Waals surface area contributed by atoms with Crippen LogP contribution < -0.4 is 5.32 Å². The molecule has 19 heavy (non-hydrogen) atoms. The molecule has 2 rings (SSSR count). The van der Waals surface area contributed by atoms with E-state index in [9.17, 15) is 9.50 Å². The average molecular weight is 280 g/mol. The van der Waals surface area contributed by atoms with Crippen LogP contribution in [0.1, 0.15) is 17.2 Å². The first-order valence-electron chi connectivity index (χ1n) is 6.00. The van der Waals surface area contributed by atoms with E-state index in [1.165, 1.54) is 6.07 Å². The maximum Gasteiger partial charge on any atom is 0.147 e. The Morgan fingerprint density at radius 2 is 1.95 bits per heavy atom. The Morgan fingerprint density at radius 3 is 2.63 bits per heavy atom. The van der Waals surface area contributed by atoms with E-state index in [0.717, 1.165) is 11.3 Å². The quantitative estimate of drug-likeness (QED) is 0.889. The smallest absolute Gasteiger partial charge is 0.147 e. The zero-order valence-electron chi connectivity index (χ0n) is 10.5. The lowest BCUT2D eigenvalue weighted by Crippen LogP contribution is -2.17. The van der Waals surface area contributed by atoms with Crippen molar-refractivity contribution in [1.82, 2.24) is 0 Å². The van der Waals surface area contributed by atoms with E-state index in [4.69, 9.17) is 11.6 Å². The number of aliphatic hydroxyl groups is 1. The highest BCUT2D eigenvalue weighted by Crippen LogP contribution is 2.27. The van der Waals surface area contributed by atoms with Crippen LogP contribution in [0.5, 0.6) is 0 Å². The van der Waals surface area contributed by atoms with Gasteiger partial charge in [0.2, 0.25) is 0 Å². The largest absolute Gasteiger partial charge is 0.394 e. The van der Waals surface area contributed by atoms with E-state index in [0.29, 0.717) is 5.56 Å². The summed E-state index contributed by atoms with van der Waals surface area (Å²) in [6, 6.07) is 11.9. The van der Waals surface area contributed by atoms with E-state index in [2.05, 4.69) is 5.32 Å². The Morgan fingerprint density at radius 1 is 1.21 bits per heavy atom. The average Bonchev–Trinajstić information content (AvgIpc) is 2.41. The maximum atomic E-state index is 14.0. The minimum absolute atomic E-state index is 0.0579. The van der Waals surface area contributed by atoms with Crippen molar-refractivity contribution in [3.8, 4) is 0 Å². The molecule has 1 unspecified atom stereocenters. The standard InChI is InChI=1S/C15H15ClFNO/c1-10-5-2-3-8-13(10)18-14(9-19)11-6-4-7-12(16)15(11)17/h2-8,14,18-19H,9H2,1H3. The van der Waals surface area contributed by atoms with Crippen molar-refractivity contribution in [2.45, 2.75) is 13.0 Å². The molecule has 4 heteroatoms. The van der Waals surface area contributed by atoms with Crippen LogP contribution in [0, 0.1) is 12.7 Å². The third-order valence-corrected chi connectivity index (χ3v) is 3.31. The summed E-state index contributed by atoms with van der Waals surface area (Å²) in [6.45, 7) is 1.73. The highest BCUT2D eigenvalue weighted by molar-refractivity contribution is 6.30. The Balaban J connectivity index is 2.31. The van der Waals surface area contributed by atoms with Crippen molar-refractivity contribution in [2.75, 3.05) is 11.9 Å². The van der Waals surface area contributed by atoms with E-state index >= 15 is 0 Å². The van der Waals surface area contributed by atoms with E-state index in [-0.39, 0.29) is 11.6 Å². The number of nitrogens with one attached hydrogen (secondary N) is 1. The molecule has 0 aliphatic heterocycles. The maximum absolute atomic E-state index is 14.0. The second-order valence-electron chi connectivity index (χ2n) is 4.34.